The molecule has 2 aromatic heterocycles. The summed E-state index contributed by atoms with van der Waals surface area (Å²) in [5.41, 5.74) is -0.403. The van der Waals surface area contributed by atoms with Gasteiger partial charge in [-0.15, -0.1) is 0 Å². The molecule has 96 valence electrons. The molecule has 0 aliphatic carbocycles. The van der Waals surface area contributed by atoms with Crippen LogP contribution < -0.4 is 5.32 Å². The van der Waals surface area contributed by atoms with Gasteiger partial charge in [0.2, 0.25) is 0 Å². The standard InChI is InChI=1S/C10H10F3N5/c11-10(12,13)8-3-7(6-1-2-14-4-6)18-9(17-8)15-5-16-18/h3,5-6,14H,1-2,4H2. The molecule has 1 atom stereocenters. The molecule has 1 N–H and O–H groups in total. The van der Waals surface area contributed by atoms with Crippen molar-refractivity contribution in [3.05, 3.63) is 23.8 Å². The topological polar surface area (TPSA) is 55.1 Å². The van der Waals surface area contributed by atoms with Crippen molar-refractivity contribution in [2.75, 3.05) is 13.1 Å². The fourth-order valence-corrected chi connectivity index (χ4v) is 2.18. The molecule has 18 heavy (non-hydrogen) atoms. The van der Waals surface area contributed by atoms with Gasteiger partial charge in [0.05, 0.1) is 5.69 Å². The SMILES string of the molecule is FC(F)(F)c1cc(C2CCNC2)n2ncnc2n1. The third-order valence-electron chi connectivity index (χ3n) is 3.05. The smallest absolute Gasteiger partial charge is 0.316 e. The summed E-state index contributed by atoms with van der Waals surface area (Å²) in [6.45, 7) is 1.45. The molecular weight excluding hydrogens is 247 g/mol. The number of hydrogen-bond donors (Lipinski definition) is 1. The van der Waals surface area contributed by atoms with E-state index in [0.29, 0.717) is 12.2 Å². The van der Waals surface area contributed by atoms with Crippen LogP contribution in [0.1, 0.15) is 23.7 Å². The molecule has 3 rings (SSSR count). The van der Waals surface area contributed by atoms with Crippen LogP contribution in [0.5, 0.6) is 0 Å². The van der Waals surface area contributed by atoms with Crippen molar-refractivity contribution >= 4 is 5.78 Å². The zero-order valence-corrected chi connectivity index (χ0v) is 9.28. The number of hydrogen-bond acceptors (Lipinski definition) is 4. The van der Waals surface area contributed by atoms with Gasteiger partial charge in [0, 0.05) is 12.5 Å². The summed E-state index contributed by atoms with van der Waals surface area (Å²) in [6.07, 6.45) is -2.46. The van der Waals surface area contributed by atoms with Crippen LogP contribution in [-0.4, -0.2) is 32.7 Å². The second-order valence-corrected chi connectivity index (χ2v) is 4.23. The van der Waals surface area contributed by atoms with Crippen molar-refractivity contribution in [1.82, 2.24) is 24.9 Å². The van der Waals surface area contributed by atoms with Gasteiger partial charge in [0.25, 0.3) is 5.78 Å². The molecule has 1 aliphatic rings. The Morgan fingerprint density at radius 1 is 1.39 bits per heavy atom. The summed E-state index contributed by atoms with van der Waals surface area (Å²) in [5.74, 6) is 0.00465. The lowest BCUT2D eigenvalue weighted by molar-refractivity contribution is -0.141. The first kappa shape index (κ1) is 11.4. The zero-order chi connectivity index (χ0) is 12.8. The minimum Gasteiger partial charge on any atom is -0.316 e. The predicted molar refractivity (Wildman–Crippen MR) is 56.0 cm³/mol. The Labute approximate surface area is 100 Å². The summed E-state index contributed by atoms with van der Waals surface area (Å²) in [6, 6.07) is 1.07. The normalized spacial score (nSPS) is 20.7. The average Bonchev–Trinajstić information content (AvgIpc) is 2.97. The molecule has 1 fully saturated rings. The molecule has 0 bridgehead atoms. The molecule has 0 amide bonds. The summed E-state index contributed by atoms with van der Waals surface area (Å²) in [7, 11) is 0. The van der Waals surface area contributed by atoms with Crippen molar-refractivity contribution in [3.63, 3.8) is 0 Å². The highest BCUT2D eigenvalue weighted by Gasteiger charge is 2.35. The molecule has 5 nitrogen and oxygen atoms in total. The van der Waals surface area contributed by atoms with Gasteiger partial charge >= 0.3 is 6.18 Å². The first-order valence-corrected chi connectivity index (χ1v) is 5.54. The van der Waals surface area contributed by atoms with Crippen LogP contribution >= 0.6 is 0 Å². The van der Waals surface area contributed by atoms with E-state index >= 15 is 0 Å². The first-order chi connectivity index (χ1) is 8.55. The van der Waals surface area contributed by atoms with E-state index in [9.17, 15) is 13.2 Å². The van der Waals surface area contributed by atoms with Crippen LogP contribution in [0, 0.1) is 0 Å². The summed E-state index contributed by atoms with van der Waals surface area (Å²) < 4.78 is 39.6. The molecule has 0 aromatic carbocycles. The van der Waals surface area contributed by atoms with E-state index in [2.05, 4.69) is 20.4 Å². The van der Waals surface area contributed by atoms with Crippen LogP contribution in [-0.2, 0) is 6.18 Å². The lowest BCUT2D eigenvalue weighted by Crippen LogP contribution is -2.16. The lowest BCUT2D eigenvalue weighted by Gasteiger charge is -2.13. The molecule has 1 saturated heterocycles. The summed E-state index contributed by atoms with van der Waals surface area (Å²) in [4.78, 5) is 7.23. The highest BCUT2D eigenvalue weighted by Crippen LogP contribution is 2.31. The first-order valence-electron chi connectivity index (χ1n) is 5.54. The van der Waals surface area contributed by atoms with E-state index in [1.54, 1.807) is 0 Å². The maximum absolute atomic E-state index is 12.8. The molecule has 0 saturated carbocycles. The molecular formula is C10H10F3N5. The highest BCUT2D eigenvalue weighted by molar-refractivity contribution is 5.33. The van der Waals surface area contributed by atoms with Gasteiger partial charge in [0.15, 0.2) is 0 Å². The number of fused-ring (bicyclic) bond motifs is 1. The number of aromatic nitrogens is 4. The second kappa shape index (κ2) is 3.91. The molecule has 8 heteroatoms. The lowest BCUT2D eigenvalue weighted by atomic mass is 10.0. The Balaban J connectivity index is 2.17. The van der Waals surface area contributed by atoms with Gasteiger partial charge in [-0.3, -0.25) is 0 Å². The van der Waals surface area contributed by atoms with Crippen LogP contribution in [0.2, 0.25) is 0 Å². The fraction of sp³-hybridized carbons (Fsp3) is 0.500. The zero-order valence-electron chi connectivity index (χ0n) is 9.28. The Hall–Kier alpha value is -1.70. The molecule has 3 heterocycles. The number of nitrogens with zero attached hydrogens (tertiary/aromatic N) is 4. The quantitative estimate of drug-likeness (QED) is 0.834. The second-order valence-electron chi connectivity index (χ2n) is 4.23. The van der Waals surface area contributed by atoms with Crippen molar-refractivity contribution in [2.45, 2.75) is 18.5 Å². The van der Waals surface area contributed by atoms with E-state index in [1.807, 2.05) is 0 Å². The largest absolute Gasteiger partial charge is 0.433 e. The average molecular weight is 257 g/mol. The van der Waals surface area contributed by atoms with Gasteiger partial charge in [-0.05, 0) is 19.0 Å². The van der Waals surface area contributed by atoms with E-state index in [1.165, 1.54) is 10.8 Å². The third kappa shape index (κ3) is 1.82. The number of rotatable bonds is 1. The van der Waals surface area contributed by atoms with Crippen LogP contribution in [0.3, 0.4) is 0 Å². The highest BCUT2D eigenvalue weighted by atomic mass is 19.4. The Morgan fingerprint density at radius 3 is 2.89 bits per heavy atom. The minimum absolute atomic E-state index is 0.00766. The van der Waals surface area contributed by atoms with Crippen molar-refractivity contribution in [3.8, 4) is 0 Å². The summed E-state index contributed by atoms with van der Waals surface area (Å²) >= 11 is 0. The molecule has 0 radical (unpaired) electrons. The van der Waals surface area contributed by atoms with Gasteiger partial charge < -0.3 is 5.32 Å². The van der Waals surface area contributed by atoms with Crippen LogP contribution in [0.4, 0.5) is 13.2 Å². The monoisotopic (exact) mass is 257 g/mol. The Morgan fingerprint density at radius 2 is 2.22 bits per heavy atom. The van der Waals surface area contributed by atoms with Crippen LogP contribution in [0.25, 0.3) is 5.78 Å². The predicted octanol–water partition coefficient (Wildman–Crippen LogP) is 1.22. The third-order valence-corrected chi connectivity index (χ3v) is 3.05. The molecule has 1 unspecified atom stereocenters. The molecule has 0 spiro atoms. The van der Waals surface area contributed by atoms with E-state index in [4.69, 9.17) is 0 Å². The summed E-state index contributed by atoms with van der Waals surface area (Å²) in [5, 5.41) is 7.06. The Bertz CT molecular complexity index is 570. The van der Waals surface area contributed by atoms with Crippen molar-refractivity contribution < 1.29 is 13.2 Å². The van der Waals surface area contributed by atoms with Gasteiger partial charge in [-0.2, -0.15) is 23.3 Å². The molecule has 1 aliphatic heterocycles. The molecule has 2 aromatic rings. The van der Waals surface area contributed by atoms with E-state index < -0.39 is 11.9 Å². The van der Waals surface area contributed by atoms with Gasteiger partial charge in [-0.1, -0.05) is 0 Å². The van der Waals surface area contributed by atoms with E-state index in [0.717, 1.165) is 19.0 Å². The number of halogens is 3. The maximum atomic E-state index is 12.8. The maximum Gasteiger partial charge on any atom is 0.433 e. The van der Waals surface area contributed by atoms with Gasteiger partial charge in [-0.25, -0.2) is 9.50 Å². The van der Waals surface area contributed by atoms with Crippen molar-refractivity contribution in [2.24, 2.45) is 0 Å². The fourth-order valence-electron chi connectivity index (χ4n) is 2.18. The van der Waals surface area contributed by atoms with E-state index in [-0.39, 0.29) is 11.7 Å². The minimum atomic E-state index is -4.46. The number of alkyl halides is 3. The van der Waals surface area contributed by atoms with Crippen molar-refractivity contribution in [1.29, 1.82) is 0 Å². The van der Waals surface area contributed by atoms with Gasteiger partial charge in [0.1, 0.15) is 12.0 Å². The number of nitrogens with one attached hydrogen (secondary N) is 1. The van der Waals surface area contributed by atoms with Crippen LogP contribution in [0.15, 0.2) is 12.4 Å². The Kier molecular flexibility index (Phi) is 2.47.